The van der Waals surface area contributed by atoms with E-state index in [0.717, 1.165) is 48.5 Å². The van der Waals surface area contributed by atoms with Crippen molar-refractivity contribution in [3.8, 4) is 5.75 Å². The van der Waals surface area contributed by atoms with Gasteiger partial charge < -0.3 is 4.18 Å². The highest BCUT2D eigenvalue weighted by atomic mass is 32.3. The smallest absolute Gasteiger partial charge is 0.378 e. The summed E-state index contributed by atoms with van der Waals surface area (Å²) < 4.78 is 245. The maximum atomic E-state index is 15.1. The van der Waals surface area contributed by atoms with E-state index >= 15 is 26.3 Å². The van der Waals surface area contributed by atoms with E-state index in [4.69, 9.17) is 0 Å². The van der Waals surface area contributed by atoms with Crippen LogP contribution < -0.4 is 4.18 Å². The Morgan fingerprint density at radius 1 is 0.566 bits per heavy atom. The molecule has 2 saturated carbocycles. The molecule has 3 atom stereocenters. The van der Waals surface area contributed by atoms with Crippen LogP contribution >= 0.6 is 10.3 Å². The van der Waals surface area contributed by atoms with Crippen LogP contribution in [0.3, 0.4) is 0 Å². The van der Waals surface area contributed by atoms with E-state index in [9.17, 15) is 47.6 Å². The Labute approximate surface area is 295 Å². The highest BCUT2D eigenvalue weighted by molar-refractivity contribution is 8.32. The van der Waals surface area contributed by atoms with Crippen LogP contribution in [0.15, 0.2) is 99.6 Å². The van der Waals surface area contributed by atoms with Gasteiger partial charge in [0.25, 0.3) is 0 Å². The van der Waals surface area contributed by atoms with Gasteiger partial charge in [-0.1, -0.05) is 42.8 Å². The van der Waals surface area contributed by atoms with Gasteiger partial charge in [0.2, 0.25) is 0 Å². The first-order chi connectivity index (χ1) is 24.2. The summed E-state index contributed by atoms with van der Waals surface area (Å²) in [5.41, 5.74) is 0. The van der Waals surface area contributed by atoms with Crippen molar-refractivity contribution in [3.05, 3.63) is 84.9 Å². The molecule has 0 saturated heterocycles. The number of halogens is 13. The standard InChI is InChI=1S/C31H25F13O6S3/c32-26(33,25-18-19-11-12-20(25)17-19)30(41,42)52(45,46)49-21-13-15-24(16-14-21)51(22-7-3-1-4-8-22,23-9-5-2-6-10-23)50-53(47,48)31(43,44)28(36,37)27(34,35)29(38,39)40/h1-10,13-16,19-20,25H,11-12,17-18H2/p+1. The summed E-state index contributed by atoms with van der Waals surface area (Å²) in [6.07, 6.45) is -6.81. The fraction of sp³-hybridized carbons (Fsp3) is 0.419. The Balaban J connectivity index is 1.60. The molecule has 22 heteroatoms. The van der Waals surface area contributed by atoms with Crippen molar-refractivity contribution < 1.29 is 81.7 Å². The Morgan fingerprint density at radius 2 is 1.04 bits per heavy atom. The summed E-state index contributed by atoms with van der Waals surface area (Å²) in [7, 11) is -18.4. The third kappa shape index (κ3) is 6.43. The fourth-order valence-electron chi connectivity index (χ4n) is 6.43. The van der Waals surface area contributed by atoms with E-state index in [2.05, 4.69) is 7.81 Å². The molecular formula is C31H26F13O6S3+. The minimum Gasteiger partial charge on any atom is -0.378 e. The van der Waals surface area contributed by atoms with Crippen LogP contribution in [0.4, 0.5) is 57.1 Å². The molecule has 2 aliphatic carbocycles. The average molecular weight is 838 g/mol. The summed E-state index contributed by atoms with van der Waals surface area (Å²) >= 11 is 0. The van der Waals surface area contributed by atoms with E-state index < -0.39 is 97.3 Å². The first-order valence-electron chi connectivity index (χ1n) is 15.1. The summed E-state index contributed by atoms with van der Waals surface area (Å²) in [6, 6.07) is 13.3. The van der Waals surface area contributed by atoms with Gasteiger partial charge in [-0.2, -0.15) is 65.5 Å². The van der Waals surface area contributed by atoms with Crippen LogP contribution in [0.1, 0.15) is 25.7 Å². The van der Waals surface area contributed by atoms with Gasteiger partial charge in [-0.15, -0.1) is 8.42 Å². The summed E-state index contributed by atoms with van der Waals surface area (Å²) in [4.78, 5) is -1.56. The van der Waals surface area contributed by atoms with E-state index in [1.807, 2.05) is 0 Å². The molecular weight excluding hydrogens is 812 g/mol. The molecule has 0 aliphatic heterocycles. The molecule has 3 unspecified atom stereocenters. The number of fused-ring (bicyclic) bond motifs is 2. The molecule has 0 amide bonds. The van der Waals surface area contributed by atoms with E-state index in [0.29, 0.717) is 30.7 Å². The monoisotopic (exact) mass is 837 g/mol. The Bertz CT molecular complexity index is 1970. The molecule has 53 heavy (non-hydrogen) atoms. The maximum absolute atomic E-state index is 15.1. The van der Waals surface area contributed by atoms with Crippen LogP contribution in [0.25, 0.3) is 0 Å². The van der Waals surface area contributed by atoms with Crippen LogP contribution in [-0.2, 0) is 20.2 Å². The van der Waals surface area contributed by atoms with Gasteiger partial charge in [-0.3, -0.25) is 3.63 Å². The van der Waals surface area contributed by atoms with Gasteiger partial charge in [-0.25, -0.2) is 0 Å². The number of rotatable bonds is 13. The summed E-state index contributed by atoms with van der Waals surface area (Å²) in [5, 5.41) is -13.0. The SMILES string of the molecule is O=S(=O)(Oc1ccc(S([OH+]S(=O)(=O)C(F)(F)C(F)(F)C(F)(F)C(F)(F)F)(c2ccccc2)c2ccccc2)cc1)C(F)(F)C(F)(F)C1CC2CCC1C2. The minimum absolute atomic E-state index is 0.186. The second-order valence-electron chi connectivity index (χ2n) is 12.3. The molecule has 2 aliphatic rings. The quantitative estimate of drug-likeness (QED) is 0.0740. The topological polar surface area (TPSA) is 90.3 Å². The van der Waals surface area contributed by atoms with Gasteiger partial charge in [0.05, 0.1) is 25.0 Å². The van der Waals surface area contributed by atoms with Gasteiger partial charge in [-0.05, 0) is 79.6 Å². The number of alkyl halides is 13. The third-order valence-electron chi connectivity index (χ3n) is 9.10. The van der Waals surface area contributed by atoms with Crippen LogP contribution in [0.5, 0.6) is 5.75 Å². The van der Waals surface area contributed by atoms with Crippen molar-refractivity contribution in [2.75, 3.05) is 0 Å². The van der Waals surface area contributed by atoms with Crippen molar-refractivity contribution in [1.29, 1.82) is 0 Å². The highest BCUT2D eigenvalue weighted by Gasteiger charge is 2.88. The lowest BCUT2D eigenvalue weighted by molar-refractivity contribution is -0.382. The molecule has 0 heterocycles. The molecule has 5 rings (SSSR count). The van der Waals surface area contributed by atoms with Gasteiger partial charge in [0.1, 0.15) is 5.75 Å². The Hall–Kier alpha value is -3.24. The molecule has 2 bridgehead atoms. The van der Waals surface area contributed by atoms with Gasteiger partial charge in [0.15, 0.2) is 0 Å². The Kier molecular flexibility index (Phi) is 10.2. The molecule has 3 aromatic rings. The molecule has 0 radical (unpaired) electrons. The largest absolute Gasteiger partial charge is 0.486 e. The zero-order valence-electron chi connectivity index (χ0n) is 26.3. The molecule has 294 valence electrons. The Morgan fingerprint density at radius 3 is 1.45 bits per heavy atom. The fourth-order valence-corrected chi connectivity index (χ4v) is 12.9. The van der Waals surface area contributed by atoms with Crippen molar-refractivity contribution in [2.45, 2.75) is 74.8 Å². The van der Waals surface area contributed by atoms with Crippen LogP contribution in [0.2, 0.25) is 0 Å². The lowest BCUT2D eigenvalue weighted by Crippen LogP contribution is -2.63. The molecule has 0 aromatic heterocycles. The predicted octanol–water partition coefficient (Wildman–Crippen LogP) is 10.1. The third-order valence-corrected chi connectivity index (χ3v) is 15.9. The molecule has 3 aromatic carbocycles. The average Bonchev–Trinajstić information content (AvgIpc) is 3.72. The molecule has 1 N–H and O–H groups in total. The van der Waals surface area contributed by atoms with Crippen LogP contribution in [0, 0.1) is 17.8 Å². The number of hydrogen-bond acceptors (Lipinski definition) is 5. The van der Waals surface area contributed by atoms with Crippen molar-refractivity contribution in [1.82, 2.24) is 0 Å². The van der Waals surface area contributed by atoms with Crippen molar-refractivity contribution in [2.24, 2.45) is 17.8 Å². The first kappa shape index (κ1) is 40.9. The van der Waals surface area contributed by atoms with Crippen LogP contribution in [-0.4, -0.2) is 54.9 Å². The zero-order chi connectivity index (χ0) is 39.7. The normalized spacial score (nSPS) is 21.1. The van der Waals surface area contributed by atoms with Gasteiger partial charge >= 0.3 is 54.7 Å². The van der Waals surface area contributed by atoms with Gasteiger partial charge in [0, 0.05) is 5.92 Å². The molecule has 0 spiro atoms. The molecule has 6 nitrogen and oxygen atoms in total. The zero-order valence-corrected chi connectivity index (χ0v) is 28.7. The predicted molar refractivity (Wildman–Crippen MR) is 163 cm³/mol. The van der Waals surface area contributed by atoms with Crippen molar-refractivity contribution >= 4 is 30.5 Å². The lowest BCUT2D eigenvalue weighted by Gasteiger charge is -2.37. The summed E-state index contributed by atoms with van der Waals surface area (Å²) in [5.74, 6) is -24.6. The lowest BCUT2D eigenvalue weighted by atomic mass is 9.84. The highest BCUT2D eigenvalue weighted by Crippen LogP contribution is 2.70. The van der Waals surface area contributed by atoms with Crippen molar-refractivity contribution in [3.63, 3.8) is 0 Å². The number of hydrogen-bond donors (Lipinski definition) is 0. The number of benzene rings is 3. The molecule has 2 fully saturated rings. The van der Waals surface area contributed by atoms with E-state index in [1.165, 1.54) is 12.1 Å². The first-order valence-corrected chi connectivity index (χ1v) is 19.5. The summed E-state index contributed by atoms with van der Waals surface area (Å²) in [6.45, 7) is 0. The second kappa shape index (κ2) is 13.2. The second-order valence-corrected chi connectivity index (χ2v) is 18.6. The maximum Gasteiger partial charge on any atom is 0.486 e. The van der Waals surface area contributed by atoms with E-state index in [1.54, 1.807) is 0 Å². The minimum atomic E-state index is -7.64. The van der Waals surface area contributed by atoms with E-state index in [-0.39, 0.29) is 25.2 Å².